The summed E-state index contributed by atoms with van der Waals surface area (Å²) in [4.78, 5) is 2.59. The van der Waals surface area contributed by atoms with E-state index in [0.717, 1.165) is 6.54 Å². The number of likely N-dealkylation sites (tertiary alicyclic amines) is 1. The molecule has 0 aromatic rings. The zero-order valence-electron chi connectivity index (χ0n) is 8.88. The van der Waals surface area contributed by atoms with Crippen molar-refractivity contribution in [3.8, 4) is 0 Å². The van der Waals surface area contributed by atoms with Gasteiger partial charge < -0.3 is 9.64 Å². The van der Waals surface area contributed by atoms with Crippen LogP contribution in [0.25, 0.3) is 0 Å². The molecule has 0 bridgehead atoms. The van der Waals surface area contributed by atoms with Crippen LogP contribution in [0, 0.1) is 5.41 Å². The summed E-state index contributed by atoms with van der Waals surface area (Å²) in [6.07, 6.45) is 5.93. The second kappa shape index (κ2) is 3.58. The molecule has 0 aromatic carbocycles. The molecule has 2 aliphatic rings. The van der Waals surface area contributed by atoms with Gasteiger partial charge in [-0.25, -0.2) is 0 Å². The van der Waals surface area contributed by atoms with Gasteiger partial charge in [-0.3, -0.25) is 0 Å². The zero-order chi connectivity index (χ0) is 9.31. The standard InChI is InChI=1S/C11H21NO/c1-11(5-6-11)9-12-7-3-4-10(8-12)13-2/h10H,3-9H2,1-2H3. The van der Waals surface area contributed by atoms with Crippen molar-refractivity contribution in [3.63, 3.8) is 0 Å². The van der Waals surface area contributed by atoms with Gasteiger partial charge in [-0.2, -0.15) is 0 Å². The molecule has 1 unspecified atom stereocenters. The van der Waals surface area contributed by atoms with Gasteiger partial charge in [0, 0.05) is 20.2 Å². The van der Waals surface area contributed by atoms with Crippen LogP contribution in [-0.2, 0) is 4.74 Å². The minimum Gasteiger partial charge on any atom is -0.380 e. The van der Waals surface area contributed by atoms with Gasteiger partial charge in [0.05, 0.1) is 6.10 Å². The van der Waals surface area contributed by atoms with Crippen molar-refractivity contribution >= 4 is 0 Å². The van der Waals surface area contributed by atoms with Gasteiger partial charge in [0.25, 0.3) is 0 Å². The lowest BCUT2D eigenvalue weighted by Gasteiger charge is -2.33. The minimum atomic E-state index is 0.496. The number of hydrogen-bond acceptors (Lipinski definition) is 2. The number of nitrogens with zero attached hydrogens (tertiary/aromatic N) is 1. The average molecular weight is 183 g/mol. The highest BCUT2D eigenvalue weighted by molar-refractivity contribution is 4.92. The quantitative estimate of drug-likeness (QED) is 0.662. The summed E-state index contributed by atoms with van der Waals surface area (Å²) in [6.45, 7) is 6.15. The van der Waals surface area contributed by atoms with Crippen molar-refractivity contribution in [1.29, 1.82) is 0 Å². The molecule has 2 nitrogen and oxygen atoms in total. The highest BCUT2D eigenvalue weighted by Crippen LogP contribution is 2.45. The molecular formula is C11H21NO. The van der Waals surface area contributed by atoms with Crippen molar-refractivity contribution in [1.82, 2.24) is 4.90 Å². The molecule has 0 aromatic heterocycles. The van der Waals surface area contributed by atoms with Crippen LogP contribution in [0.5, 0.6) is 0 Å². The lowest BCUT2D eigenvalue weighted by Crippen LogP contribution is -2.41. The first kappa shape index (κ1) is 9.47. The van der Waals surface area contributed by atoms with E-state index in [2.05, 4.69) is 11.8 Å². The highest BCUT2D eigenvalue weighted by atomic mass is 16.5. The summed E-state index contributed by atoms with van der Waals surface area (Å²) in [5, 5.41) is 0. The van der Waals surface area contributed by atoms with Crippen molar-refractivity contribution in [2.24, 2.45) is 5.41 Å². The van der Waals surface area contributed by atoms with E-state index in [1.54, 1.807) is 0 Å². The fourth-order valence-corrected chi connectivity index (χ4v) is 2.26. The van der Waals surface area contributed by atoms with E-state index in [-0.39, 0.29) is 0 Å². The summed E-state index contributed by atoms with van der Waals surface area (Å²) >= 11 is 0. The smallest absolute Gasteiger partial charge is 0.0698 e. The Labute approximate surface area is 81.3 Å². The van der Waals surface area contributed by atoms with Crippen molar-refractivity contribution in [3.05, 3.63) is 0 Å². The Morgan fingerprint density at radius 2 is 2.23 bits per heavy atom. The second-order valence-electron chi connectivity index (χ2n) is 5.05. The van der Waals surface area contributed by atoms with Gasteiger partial charge in [-0.15, -0.1) is 0 Å². The first-order valence-corrected chi connectivity index (χ1v) is 5.47. The summed E-state index contributed by atoms with van der Waals surface area (Å²) < 4.78 is 5.41. The third kappa shape index (κ3) is 2.44. The molecule has 1 saturated heterocycles. The van der Waals surface area contributed by atoms with Crippen molar-refractivity contribution in [2.45, 2.75) is 38.7 Å². The molecule has 1 heterocycles. The first-order chi connectivity index (χ1) is 6.22. The monoisotopic (exact) mass is 183 g/mol. The van der Waals surface area contributed by atoms with Gasteiger partial charge in [0.2, 0.25) is 0 Å². The maximum atomic E-state index is 5.41. The zero-order valence-corrected chi connectivity index (χ0v) is 8.88. The fourth-order valence-electron chi connectivity index (χ4n) is 2.26. The SMILES string of the molecule is COC1CCCN(CC2(C)CC2)C1. The number of piperidine rings is 1. The van der Waals surface area contributed by atoms with Crippen LogP contribution in [-0.4, -0.2) is 37.7 Å². The normalized spacial score (nSPS) is 33.2. The molecule has 0 N–H and O–H groups in total. The average Bonchev–Trinajstić information content (AvgIpc) is 2.84. The van der Waals surface area contributed by atoms with Gasteiger partial charge in [0.15, 0.2) is 0 Å². The molecule has 1 saturated carbocycles. The summed E-state index contributed by atoms with van der Waals surface area (Å²) in [6, 6.07) is 0. The van der Waals surface area contributed by atoms with Crippen LogP contribution in [0.3, 0.4) is 0 Å². The van der Waals surface area contributed by atoms with Crippen LogP contribution in [0.15, 0.2) is 0 Å². The van der Waals surface area contributed by atoms with E-state index in [1.807, 2.05) is 7.11 Å². The maximum absolute atomic E-state index is 5.41. The third-order valence-electron chi connectivity index (χ3n) is 3.50. The molecule has 0 spiro atoms. The molecule has 2 heteroatoms. The Balaban J connectivity index is 1.78. The summed E-state index contributed by atoms with van der Waals surface area (Å²) in [5.74, 6) is 0. The van der Waals surface area contributed by atoms with E-state index in [0.29, 0.717) is 11.5 Å². The third-order valence-corrected chi connectivity index (χ3v) is 3.50. The van der Waals surface area contributed by atoms with E-state index < -0.39 is 0 Å². The molecule has 2 fully saturated rings. The van der Waals surface area contributed by atoms with Gasteiger partial charge in [0.1, 0.15) is 0 Å². The van der Waals surface area contributed by atoms with Gasteiger partial charge in [-0.05, 0) is 37.6 Å². The minimum absolute atomic E-state index is 0.496. The van der Waals surface area contributed by atoms with Crippen LogP contribution < -0.4 is 0 Å². The molecule has 0 radical (unpaired) electrons. The maximum Gasteiger partial charge on any atom is 0.0698 e. The predicted octanol–water partition coefficient (Wildman–Crippen LogP) is 1.90. The van der Waals surface area contributed by atoms with Crippen molar-refractivity contribution < 1.29 is 4.74 Å². The molecule has 76 valence electrons. The second-order valence-corrected chi connectivity index (χ2v) is 5.05. The van der Waals surface area contributed by atoms with E-state index in [1.165, 1.54) is 38.8 Å². The molecule has 0 amide bonds. The molecular weight excluding hydrogens is 162 g/mol. The number of ether oxygens (including phenoxy) is 1. The Morgan fingerprint density at radius 1 is 1.46 bits per heavy atom. The summed E-state index contributed by atoms with van der Waals surface area (Å²) in [7, 11) is 1.84. The molecule has 1 aliphatic carbocycles. The molecule has 1 atom stereocenters. The Bertz CT molecular complexity index is 177. The predicted molar refractivity (Wildman–Crippen MR) is 53.8 cm³/mol. The Kier molecular flexibility index (Phi) is 2.61. The molecule has 1 aliphatic heterocycles. The lowest BCUT2D eigenvalue weighted by atomic mass is 10.0. The number of methoxy groups -OCH3 is 1. The number of hydrogen-bond donors (Lipinski definition) is 0. The molecule has 13 heavy (non-hydrogen) atoms. The van der Waals surface area contributed by atoms with Crippen LogP contribution in [0.1, 0.15) is 32.6 Å². The van der Waals surface area contributed by atoms with Crippen LogP contribution in [0.2, 0.25) is 0 Å². The molecule has 2 rings (SSSR count). The largest absolute Gasteiger partial charge is 0.380 e. The summed E-state index contributed by atoms with van der Waals surface area (Å²) in [5.41, 5.74) is 0.662. The Hall–Kier alpha value is -0.0800. The van der Waals surface area contributed by atoms with Gasteiger partial charge >= 0.3 is 0 Å². The van der Waals surface area contributed by atoms with Crippen LogP contribution >= 0.6 is 0 Å². The number of rotatable bonds is 3. The van der Waals surface area contributed by atoms with E-state index in [9.17, 15) is 0 Å². The topological polar surface area (TPSA) is 12.5 Å². The van der Waals surface area contributed by atoms with E-state index in [4.69, 9.17) is 4.74 Å². The Morgan fingerprint density at radius 3 is 2.85 bits per heavy atom. The fraction of sp³-hybridized carbons (Fsp3) is 1.00. The van der Waals surface area contributed by atoms with E-state index >= 15 is 0 Å². The lowest BCUT2D eigenvalue weighted by molar-refractivity contribution is 0.0252. The van der Waals surface area contributed by atoms with Crippen molar-refractivity contribution in [2.75, 3.05) is 26.7 Å². The van der Waals surface area contributed by atoms with Gasteiger partial charge in [-0.1, -0.05) is 6.92 Å². The van der Waals surface area contributed by atoms with Crippen LogP contribution in [0.4, 0.5) is 0 Å². The highest BCUT2D eigenvalue weighted by Gasteiger charge is 2.39. The first-order valence-electron chi connectivity index (χ1n) is 5.47.